The second kappa shape index (κ2) is 8.36. The molecule has 1 heterocycles. The number of amides is 2. The molecule has 5 nitrogen and oxygen atoms in total. The Hall–Kier alpha value is -1.30. The summed E-state index contributed by atoms with van der Waals surface area (Å²) in [6, 6.07) is 5.01. The minimum Gasteiger partial charge on any atom is -0.390 e. The number of hydrogen-bond acceptors (Lipinski definition) is 3. The predicted octanol–water partition coefficient (Wildman–Crippen LogP) is 2.62. The molecular weight excluding hydrogens is 302 g/mol. The second-order valence-corrected chi connectivity index (χ2v) is 6.25. The summed E-state index contributed by atoms with van der Waals surface area (Å²) >= 11 is 5.92. The molecule has 22 heavy (non-hydrogen) atoms. The van der Waals surface area contributed by atoms with E-state index in [2.05, 4.69) is 15.5 Å². The van der Waals surface area contributed by atoms with Crippen molar-refractivity contribution in [3.63, 3.8) is 0 Å². The van der Waals surface area contributed by atoms with Crippen molar-refractivity contribution in [2.75, 3.05) is 31.5 Å². The SMILES string of the molecule is Cc1ccc(Cl)cc1NC(=O)NCC(O)CN1CCCCC1. The Labute approximate surface area is 136 Å². The van der Waals surface area contributed by atoms with Crippen LogP contribution in [0.15, 0.2) is 18.2 Å². The highest BCUT2D eigenvalue weighted by atomic mass is 35.5. The number of aryl methyl sites for hydroxylation is 1. The van der Waals surface area contributed by atoms with E-state index in [1.165, 1.54) is 19.3 Å². The van der Waals surface area contributed by atoms with Gasteiger partial charge in [-0.3, -0.25) is 0 Å². The molecule has 1 aliphatic rings. The number of β-amino-alcohol motifs (C(OH)–C–C–N with tert-alkyl or cyclic N) is 1. The summed E-state index contributed by atoms with van der Waals surface area (Å²) in [5, 5.41) is 16.0. The number of rotatable bonds is 5. The number of likely N-dealkylation sites (tertiary alicyclic amines) is 1. The van der Waals surface area contributed by atoms with Gasteiger partial charge >= 0.3 is 6.03 Å². The van der Waals surface area contributed by atoms with Crippen LogP contribution in [-0.2, 0) is 0 Å². The number of benzene rings is 1. The van der Waals surface area contributed by atoms with Gasteiger partial charge in [0.2, 0.25) is 0 Å². The van der Waals surface area contributed by atoms with Gasteiger partial charge in [-0.05, 0) is 50.6 Å². The van der Waals surface area contributed by atoms with E-state index in [0.29, 0.717) is 17.3 Å². The highest BCUT2D eigenvalue weighted by Gasteiger charge is 2.15. The minimum absolute atomic E-state index is 0.238. The fraction of sp³-hybridized carbons (Fsp3) is 0.562. The van der Waals surface area contributed by atoms with E-state index in [0.717, 1.165) is 18.7 Å². The third-order valence-electron chi connectivity index (χ3n) is 3.86. The monoisotopic (exact) mass is 325 g/mol. The molecular formula is C16H24ClN3O2. The van der Waals surface area contributed by atoms with Crippen molar-refractivity contribution in [2.45, 2.75) is 32.3 Å². The van der Waals surface area contributed by atoms with E-state index < -0.39 is 6.10 Å². The Balaban J connectivity index is 1.73. The number of nitrogens with zero attached hydrogens (tertiary/aromatic N) is 1. The number of nitrogens with one attached hydrogen (secondary N) is 2. The number of aliphatic hydroxyl groups is 1. The number of carbonyl (C=O) groups excluding carboxylic acids is 1. The molecule has 3 N–H and O–H groups in total. The van der Waals surface area contributed by atoms with Crippen LogP contribution in [0.25, 0.3) is 0 Å². The maximum Gasteiger partial charge on any atom is 0.319 e. The maximum atomic E-state index is 11.9. The molecule has 0 radical (unpaired) electrons. The molecule has 6 heteroatoms. The summed E-state index contributed by atoms with van der Waals surface area (Å²) in [6.07, 6.45) is 3.10. The van der Waals surface area contributed by atoms with Gasteiger partial charge < -0.3 is 20.6 Å². The Morgan fingerprint density at radius 3 is 2.82 bits per heavy atom. The summed E-state index contributed by atoms with van der Waals surface area (Å²) in [4.78, 5) is 14.1. The largest absolute Gasteiger partial charge is 0.390 e. The van der Waals surface area contributed by atoms with Crippen molar-refractivity contribution in [2.24, 2.45) is 0 Å². The lowest BCUT2D eigenvalue weighted by atomic mass is 10.1. The molecule has 1 fully saturated rings. The maximum absolute atomic E-state index is 11.9. The van der Waals surface area contributed by atoms with Crippen LogP contribution in [0.4, 0.5) is 10.5 Å². The van der Waals surface area contributed by atoms with Crippen molar-refractivity contribution >= 4 is 23.3 Å². The molecule has 1 saturated heterocycles. The first-order chi connectivity index (χ1) is 10.5. The van der Waals surface area contributed by atoms with Gasteiger partial charge in [-0.15, -0.1) is 0 Å². The van der Waals surface area contributed by atoms with E-state index >= 15 is 0 Å². The molecule has 0 aliphatic carbocycles. The highest BCUT2D eigenvalue weighted by molar-refractivity contribution is 6.31. The molecule has 0 spiro atoms. The van der Waals surface area contributed by atoms with Crippen LogP contribution in [0.2, 0.25) is 5.02 Å². The topological polar surface area (TPSA) is 64.6 Å². The lowest BCUT2D eigenvalue weighted by Crippen LogP contribution is -2.43. The van der Waals surface area contributed by atoms with Crippen molar-refractivity contribution in [3.8, 4) is 0 Å². The molecule has 2 amide bonds. The van der Waals surface area contributed by atoms with Gasteiger partial charge in [-0.2, -0.15) is 0 Å². The molecule has 1 aromatic carbocycles. The molecule has 122 valence electrons. The van der Waals surface area contributed by atoms with Crippen LogP contribution in [0.3, 0.4) is 0 Å². The van der Waals surface area contributed by atoms with Crippen molar-refractivity contribution < 1.29 is 9.90 Å². The van der Waals surface area contributed by atoms with Gasteiger partial charge in [0.15, 0.2) is 0 Å². The van der Waals surface area contributed by atoms with Gasteiger partial charge in [0.25, 0.3) is 0 Å². The Morgan fingerprint density at radius 2 is 2.09 bits per heavy atom. The van der Waals surface area contributed by atoms with Crippen molar-refractivity contribution in [1.29, 1.82) is 0 Å². The second-order valence-electron chi connectivity index (χ2n) is 5.81. The average molecular weight is 326 g/mol. The average Bonchev–Trinajstić information content (AvgIpc) is 2.50. The first-order valence-corrected chi connectivity index (χ1v) is 8.14. The normalized spacial score (nSPS) is 17.0. The van der Waals surface area contributed by atoms with Gasteiger partial charge in [0.05, 0.1) is 6.10 Å². The number of anilines is 1. The van der Waals surface area contributed by atoms with Crippen molar-refractivity contribution in [1.82, 2.24) is 10.2 Å². The van der Waals surface area contributed by atoms with Crippen LogP contribution in [0.5, 0.6) is 0 Å². The van der Waals surface area contributed by atoms with E-state index in [-0.39, 0.29) is 12.6 Å². The highest BCUT2D eigenvalue weighted by Crippen LogP contribution is 2.19. The lowest BCUT2D eigenvalue weighted by molar-refractivity contribution is 0.102. The predicted molar refractivity (Wildman–Crippen MR) is 89.5 cm³/mol. The zero-order chi connectivity index (χ0) is 15.9. The Morgan fingerprint density at radius 1 is 1.36 bits per heavy atom. The Bertz CT molecular complexity index is 504. The summed E-state index contributed by atoms with van der Waals surface area (Å²) in [5.74, 6) is 0. The fourth-order valence-electron chi connectivity index (χ4n) is 2.61. The molecule has 0 aromatic heterocycles. The van der Waals surface area contributed by atoms with Crippen molar-refractivity contribution in [3.05, 3.63) is 28.8 Å². The minimum atomic E-state index is -0.552. The Kier molecular flexibility index (Phi) is 6.49. The molecule has 1 unspecified atom stereocenters. The standard InChI is InChI=1S/C16H24ClN3O2/c1-12-5-6-13(17)9-15(12)19-16(22)18-10-14(21)11-20-7-3-2-4-8-20/h5-6,9,14,21H,2-4,7-8,10-11H2,1H3,(H2,18,19,22). The fourth-order valence-corrected chi connectivity index (χ4v) is 2.78. The molecule has 0 saturated carbocycles. The van der Waals surface area contributed by atoms with Gasteiger partial charge in [-0.25, -0.2) is 4.79 Å². The van der Waals surface area contributed by atoms with Gasteiger partial charge in [0.1, 0.15) is 0 Å². The van der Waals surface area contributed by atoms with E-state index in [1.807, 2.05) is 13.0 Å². The van der Waals surface area contributed by atoms with Crippen LogP contribution in [0, 0.1) is 6.92 Å². The summed E-state index contributed by atoms with van der Waals surface area (Å²) in [6.45, 7) is 4.81. The summed E-state index contributed by atoms with van der Waals surface area (Å²) < 4.78 is 0. The summed E-state index contributed by atoms with van der Waals surface area (Å²) in [5.41, 5.74) is 1.61. The van der Waals surface area contributed by atoms with Crippen LogP contribution in [0.1, 0.15) is 24.8 Å². The zero-order valence-electron chi connectivity index (χ0n) is 12.9. The lowest BCUT2D eigenvalue weighted by Gasteiger charge is -2.28. The van der Waals surface area contributed by atoms with E-state index in [1.54, 1.807) is 12.1 Å². The third kappa shape index (κ3) is 5.48. The molecule has 1 aliphatic heterocycles. The first kappa shape index (κ1) is 17.1. The van der Waals surface area contributed by atoms with E-state index in [9.17, 15) is 9.90 Å². The van der Waals surface area contributed by atoms with Gasteiger partial charge in [-0.1, -0.05) is 24.1 Å². The number of urea groups is 1. The number of piperidine rings is 1. The van der Waals surface area contributed by atoms with Crippen LogP contribution < -0.4 is 10.6 Å². The van der Waals surface area contributed by atoms with Gasteiger partial charge in [0, 0.05) is 23.8 Å². The zero-order valence-corrected chi connectivity index (χ0v) is 13.7. The summed E-state index contributed by atoms with van der Waals surface area (Å²) in [7, 11) is 0. The van der Waals surface area contributed by atoms with Crippen LogP contribution in [-0.4, -0.2) is 48.3 Å². The quantitative estimate of drug-likeness (QED) is 0.779. The first-order valence-electron chi connectivity index (χ1n) is 7.76. The number of carbonyl (C=O) groups is 1. The number of aliphatic hydroxyl groups excluding tert-OH is 1. The molecule has 2 rings (SSSR count). The van der Waals surface area contributed by atoms with Crippen LogP contribution >= 0.6 is 11.6 Å². The number of hydrogen-bond donors (Lipinski definition) is 3. The smallest absolute Gasteiger partial charge is 0.319 e. The molecule has 1 atom stereocenters. The van der Waals surface area contributed by atoms with E-state index in [4.69, 9.17) is 11.6 Å². The number of halogens is 1. The third-order valence-corrected chi connectivity index (χ3v) is 4.10. The molecule has 0 bridgehead atoms. The molecule has 1 aromatic rings.